The Morgan fingerprint density at radius 3 is 2.25 bits per heavy atom. The monoisotopic (exact) mass is 239 g/mol. The summed E-state index contributed by atoms with van der Waals surface area (Å²) in [6.45, 7) is 1.86. The Morgan fingerprint density at radius 2 is 2.12 bits per heavy atom. The fourth-order valence-electron chi connectivity index (χ4n) is 0.346. The molecule has 0 atom stereocenters. The van der Waals surface area contributed by atoms with Gasteiger partial charge in [0, 0.05) is 15.9 Å². The summed E-state index contributed by atoms with van der Waals surface area (Å²) in [6.07, 6.45) is 0. The molecule has 1 aromatic heterocycles. The third-order valence-corrected chi connectivity index (χ3v) is 1.79. The fourth-order valence-corrected chi connectivity index (χ4v) is 1.23. The van der Waals surface area contributed by atoms with E-state index in [9.17, 15) is 0 Å². The SMILES string of the molecule is Cc1nc(Br)oc1Br. The first-order chi connectivity index (χ1) is 3.70. The Balaban J connectivity index is 3.14. The van der Waals surface area contributed by atoms with Crippen LogP contribution in [0.25, 0.3) is 0 Å². The molecule has 44 valence electrons. The smallest absolute Gasteiger partial charge is 0.265 e. The van der Waals surface area contributed by atoms with Crippen LogP contribution < -0.4 is 0 Å². The Labute approximate surface area is 63.5 Å². The number of rotatable bonds is 0. The zero-order valence-electron chi connectivity index (χ0n) is 4.11. The van der Waals surface area contributed by atoms with Crippen LogP contribution in [0.4, 0.5) is 0 Å². The van der Waals surface area contributed by atoms with Gasteiger partial charge < -0.3 is 4.42 Å². The van der Waals surface area contributed by atoms with Crippen LogP contribution in [-0.2, 0) is 0 Å². The van der Waals surface area contributed by atoms with Crippen LogP contribution >= 0.6 is 31.9 Å². The lowest BCUT2D eigenvalue weighted by Gasteiger charge is -1.73. The molecule has 1 heterocycles. The van der Waals surface area contributed by atoms with E-state index in [0.29, 0.717) is 9.47 Å². The third kappa shape index (κ3) is 1.11. The zero-order valence-corrected chi connectivity index (χ0v) is 7.28. The highest BCUT2D eigenvalue weighted by Crippen LogP contribution is 2.19. The van der Waals surface area contributed by atoms with Crippen molar-refractivity contribution in [3.05, 3.63) is 15.2 Å². The van der Waals surface area contributed by atoms with Gasteiger partial charge in [-0.1, -0.05) is 0 Å². The molecule has 0 bridgehead atoms. The molecule has 0 aliphatic rings. The predicted octanol–water partition coefficient (Wildman–Crippen LogP) is 2.51. The molecular formula is C4H3Br2NO. The topological polar surface area (TPSA) is 26.0 Å². The molecule has 0 fully saturated rings. The summed E-state index contributed by atoms with van der Waals surface area (Å²) in [5.41, 5.74) is 0.858. The second kappa shape index (κ2) is 2.19. The number of hydrogen-bond acceptors (Lipinski definition) is 2. The number of halogens is 2. The quantitative estimate of drug-likeness (QED) is 0.697. The first-order valence-electron chi connectivity index (χ1n) is 1.98. The van der Waals surface area contributed by atoms with Gasteiger partial charge >= 0.3 is 0 Å². The second-order valence-corrected chi connectivity index (χ2v) is 2.72. The molecule has 1 rings (SSSR count). The lowest BCUT2D eigenvalue weighted by molar-refractivity contribution is 0.505. The van der Waals surface area contributed by atoms with Crippen molar-refractivity contribution in [1.29, 1.82) is 0 Å². The molecule has 1 aromatic rings. The van der Waals surface area contributed by atoms with Crippen LogP contribution in [0.3, 0.4) is 0 Å². The maximum absolute atomic E-state index is 4.94. The van der Waals surface area contributed by atoms with Crippen molar-refractivity contribution in [2.75, 3.05) is 0 Å². The van der Waals surface area contributed by atoms with Gasteiger partial charge in [0.15, 0.2) is 4.67 Å². The molecule has 0 radical (unpaired) electrons. The highest BCUT2D eigenvalue weighted by molar-refractivity contribution is 9.11. The maximum Gasteiger partial charge on any atom is 0.265 e. The van der Waals surface area contributed by atoms with Crippen molar-refractivity contribution in [2.24, 2.45) is 0 Å². The predicted molar refractivity (Wildman–Crippen MR) is 36.6 cm³/mol. The zero-order chi connectivity index (χ0) is 6.15. The van der Waals surface area contributed by atoms with E-state index < -0.39 is 0 Å². The third-order valence-electron chi connectivity index (χ3n) is 0.714. The van der Waals surface area contributed by atoms with Crippen LogP contribution in [0.15, 0.2) is 13.9 Å². The number of aromatic nitrogens is 1. The number of hydrogen-bond donors (Lipinski definition) is 0. The van der Waals surface area contributed by atoms with E-state index in [1.54, 1.807) is 0 Å². The van der Waals surface area contributed by atoms with Gasteiger partial charge in [-0.05, 0) is 22.9 Å². The van der Waals surface area contributed by atoms with Crippen LogP contribution in [-0.4, -0.2) is 4.98 Å². The fraction of sp³-hybridized carbons (Fsp3) is 0.250. The lowest BCUT2D eigenvalue weighted by Crippen LogP contribution is -1.66. The number of aryl methyl sites for hydroxylation is 1. The second-order valence-electron chi connectivity index (χ2n) is 1.33. The molecule has 8 heavy (non-hydrogen) atoms. The minimum atomic E-state index is 0.516. The van der Waals surface area contributed by atoms with E-state index in [1.165, 1.54) is 0 Å². The van der Waals surface area contributed by atoms with Crippen molar-refractivity contribution < 1.29 is 4.42 Å². The largest absolute Gasteiger partial charge is 0.424 e. The highest BCUT2D eigenvalue weighted by Gasteiger charge is 2.00. The van der Waals surface area contributed by atoms with Crippen molar-refractivity contribution in [3.8, 4) is 0 Å². The van der Waals surface area contributed by atoms with Gasteiger partial charge in [-0.3, -0.25) is 0 Å². The minimum absolute atomic E-state index is 0.516. The molecule has 0 aliphatic heterocycles. The standard InChI is InChI=1S/C4H3Br2NO/c1-2-3(5)8-4(6)7-2/h1H3. The highest BCUT2D eigenvalue weighted by atomic mass is 79.9. The molecular weight excluding hydrogens is 238 g/mol. The van der Waals surface area contributed by atoms with E-state index in [2.05, 4.69) is 36.8 Å². The summed E-state index contributed by atoms with van der Waals surface area (Å²) in [5.74, 6) is 0. The van der Waals surface area contributed by atoms with Gasteiger partial charge in [0.1, 0.15) is 0 Å². The molecule has 0 amide bonds. The Hall–Kier alpha value is 0.170. The van der Waals surface area contributed by atoms with Crippen molar-refractivity contribution in [3.63, 3.8) is 0 Å². The maximum atomic E-state index is 4.94. The van der Waals surface area contributed by atoms with Crippen LogP contribution in [0.2, 0.25) is 0 Å². The number of oxazole rings is 1. The summed E-state index contributed by atoms with van der Waals surface area (Å²) < 4.78 is 5.62. The van der Waals surface area contributed by atoms with Crippen LogP contribution in [0.5, 0.6) is 0 Å². The van der Waals surface area contributed by atoms with Crippen LogP contribution in [0, 0.1) is 6.92 Å². The van der Waals surface area contributed by atoms with Crippen molar-refractivity contribution in [2.45, 2.75) is 6.92 Å². The van der Waals surface area contributed by atoms with Gasteiger partial charge in [0.2, 0.25) is 0 Å². The van der Waals surface area contributed by atoms with Gasteiger partial charge in [0.25, 0.3) is 4.80 Å². The molecule has 0 unspecified atom stereocenters. The Bertz CT molecular complexity index is 176. The van der Waals surface area contributed by atoms with E-state index >= 15 is 0 Å². The molecule has 0 saturated heterocycles. The van der Waals surface area contributed by atoms with E-state index in [-0.39, 0.29) is 0 Å². The summed E-state index contributed by atoms with van der Waals surface area (Å²) in [4.78, 5) is 4.43. The molecule has 0 spiro atoms. The average molecular weight is 241 g/mol. The Morgan fingerprint density at radius 1 is 1.50 bits per heavy atom. The van der Waals surface area contributed by atoms with Gasteiger partial charge in [-0.2, -0.15) is 0 Å². The summed E-state index contributed by atoms with van der Waals surface area (Å²) in [5, 5.41) is 0. The van der Waals surface area contributed by atoms with Crippen LogP contribution in [0.1, 0.15) is 5.69 Å². The molecule has 0 N–H and O–H groups in total. The minimum Gasteiger partial charge on any atom is -0.424 e. The van der Waals surface area contributed by atoms with Gasteiger partial charge in [-0.25, -0.2) is 4.98 Å². The normalized spacial score (nSPS) is 9.88. The molecule has 0 aromatic carbocycles. The van der Waals surface area contributed by atoms with Crippen molar-refractivity contribution in [1.82, 2.24) is 4.98 Å². The first-order valence-corrected chi connectivity index (χ1v) is 3.57. The van der Waals surface area contributed by atoms with Crippen molar-refractivity contribution >= 4 is 31.9 Å². The summed E-state index contributed by atoms with van der Waals surface area (Å²) in [6, 6.07) is 0. The average Bonchev–Trinajstić information content (AvgIpc) is 1.85. The molecule has 0 saturated carbocycles. The van der Waals surface area contributed by atoms with E-state index in [1.807, 2.05) is 6.92 Å². The Kier molecular flexibility index (Phi) is 1.72. The van der Waals surface area contributed by atoms with Gasteiger partial charge in [-0.15, -0.1) is 0 Å². The molecule has 0 aliphatic carbocycles. The van der Waals surface area contributed by atoms with Gasteiger partial charge in [0.05, 0.1) is 5.69 Å². The van der Waals surface area contributed by atoms with E-state index in [4.69, 9.17) is 4.42 Å². The summed E-state index contributed by atoms with van der Waals surface area (Å²) in [7, 11) is 0. The lowest BCUT2D eigenvalue weighted by atomic mass is 10.6. The molecule has 4 heteroatoms. The first kappa shape index (κ1) is 6.29. The molecule has 2 nitrogen and oxygen atoms in total. The summed E-state index contributed by atoms with van der Waals surface area (Å²) >= 11 is 6.23. The van der Waals surface area contributed by atoms with E-state index in [0.717, 1.165) is 5.69 Å². The number of nitrogens with zero attached hydrogens (tertiary/aromatic N) is 1.